The van der Waals surface area contributed by atoms with Crippen LogP contribution in [0.25, 0.3) is 10.9 Å². The van der Waals surface area contributed by atoms with Gasteiger partial charge in [-0.2, -0.15) is 0 Å². The highest BCUT2D eigenvalue weighted by Gasteiger charge is 2.08. The summed E-state index contributed by atoms with van der Waals surface area (Å²) in [4.78, 5) is 19.9. The Kier molecular flexibility index (Phi) is 5.33. The number of H-pyrrole nitrogens is 1. The van der Waals surface area contributed by atoms with E-state index in [0.717, 1.165) is 24.3 Å². The van der Waals surface area contributed by atoms with Crippen LogP contribution in [0.2, 0.25) is 0 Å². The average molecular weight is 336 g/mol. The van der Waals surface area contributed by atoms with E-state index < -0.39 is 0 Å². The number of pyridine rings is 1. The largest absolute Gasteiger partial charge is 0.370 e. The summed E-state index contributed by atoms with van der Waals surface area (Å²) in [7, 11) is 0. The number of nitrogens with one attached hydrogen (secondary N) is 3. The van der Waals surface area contributed by atoms with Crippen molar-refractivity contribution in [2.24, 2.45) is 5.92 Å². The number of fused-ring (bicyclic) bond motifs is 1. The van der Waals surface area contributed by atoms with Crippen LogP contribution in [0.3, 0.4) is 0 Å². The molecule has 0 aliphatic heterocycles. The normalized spacial score (nSPS) is 11.0. The van der Waals surface area contributed by atoms with E-state index in [2.05, 4.69) is 46.6 Å². The Morgan fingerprint density at radius 1 is 1.24 bits per heavy atom. The highest BCUT2D eigenvalue weighted by molar-refractivity contribution is 5.94. The lowest BCUT2D eigenvalue weighted by molar-refractivity contribution is 0.0954. The number of nitrogens with zero attached hydrogens (tertiary/aromatic N) is 1. The lowest BCUT2D eigenvalue weighted by Gasteiger charge is -2.09. The number of benzene rings is 1. The van der Waals surface area contributed by atoms with E-state index in [1.54, 1.807) is 18.3 Å². The van der Waals surface area contributed by atoms with Gasteiger partial charge in [-0.1, -0.05) is 32.0 Å². The molecule has 0 fully saturated rings. The van der Waals surface area contributed by atoms with Crippen LogP contribution in [0.5, 0.6) is 0 Å². The summed E-state index contributed by atoms with van der Waals surface area (Å²) in [6, 6.07) is 11.7. The zero-order chi connectivity index (χ0) is 17.6. The maximum Gasteiger partial charge on any atom is 0.251 e. The summed E-state index contributed by atoms with van der Waals surface area (Å²) < 4.78 is 0. The van der Waals surface area contributed by atoms with Crippen molar-refractivity contribution in [2.75, 3.05) is 18.4 Å². The molecular weight excluding hydrogens is 312 g/mol. The number of aromatic nitrogens is 2. The third kappa shape index (κ3) is 4.38. The van der Waals surface area contributed by atoms with E-state index in [-0.39, 0.29) is 5.91 Å². The molecule has 0 saturated heterocycles. The van der Waals surface area contributed by atoms with Crippen molar-refractivity contribution in [1.29, 1.82) is 0 Å². The van der Waals surface area contributed by atoms with E-state index in [9.17, 15) is 4.79 Å². The molecule has 0 saturated carbocycles. The minimum atomic E-state index is -0.0742. The van der Waals surface area contributed by atoms with Gasteiger partial charge in [0.1, 0.15) is 5.82 Å². The molecule has 130 valence electrons. The molecule has 5 nitrogen and oxygen atoms in total. The van der Waals surface area contributed by atoms with Gasteiger partial charge in [0.25, 0.3) is 5.91 Å². The Labute approximate surface area is 147 Å². The van der Waals surface area contributed by atoms with E-state index in [1.807, 2.05) is 18.3 Å². The lowest BCUT2D eigenvalue weighted by atomic mass is 10.1. The van der Waals surface area contributed by atoms with Gasteiger partial charge in [0.15, 0.2) is 0 Å². The molecule has 0 bridgehead atoms. The average Bonchev–Trinajstić information content (AvgIpc) is 3.03. The lowest BCUT2D eigenvalue weighted by Crippen LogP contribution is -2.25. The first kappa shape index (κ1) is 17.0. The van der Waals surface area contributed by atoms with Crippen molar-refractivity contribution in [2.45, 2.75) is 20.3 Å². The molecule has 0 spiro atoms. The minimum absolute atomic E-state index is 0.0742. The van der Waals surface area contributed by atoms with Crippen molar-refractivity contribution in [1.82, 2.24) is 15.3 Å². The minimum Gasteiger partial charge on any atom is -0.370 e. The zero-order valence-corrected chi connectivity index (χ0v) is 14.7. The molecule has 0 aliphatic rings. The number of amides is 1. The third-order valence-electron chi connectivity index (χ3n) is 4.07. The first-order valence-corrected chi connectivity index (χ1v) is 8.66. The second-order valence-corrected chi connectivity index (χ2v) is 6.57. The number of rotatable bonds is 7. The molecule has 3 N–H and O–H groups in total. The molecule has 1 amide bonds. The number of hydrogen-bond donors (Lipinski definition) is 3. The van der Waals surface area contributed by atoms with Gasteiger partial charge in [-0.15, -0.1) is 0 Å². The maximum absolute atomic E-state index is 12.4. The van der Waals surface area contributed by atoms with Crippen LogP contribution in [0.4, 0.5) is 5.82 Å². The molecule has 0 aliphatic carbocycles. The van der Waals surface area contributed by atoms with E-state index >= 15 is 0 Å². The van der Waals surface area contributed by atoms with Crippen LogP contribution in [-0.4, -0.2) is 29.0 Å². The smallest absolute Gasteiger partial charge is 0.251 e. The zero-order valence-electron chi connectivity index (χ0n) is 14.7. The standard InChI is InChI=1S/C20H24N4O/c1-14(2)12-24-19-11-15(7-9-21-19)20(25)22-10-8-16-13-23-18-6-4-3-5-17(16)18/h3-7,9,11,13-14,23H,8,10,12H2,1-2H3,(H,21,24)(H,22,25). The Hall–Kier alpha value is -2.82. The summed E-state index contributed by atoms with van der Waals surface area (Å²) in [6.07, 6.45) is 4.47. The summed E-state index contributed by atoms with van der Waals surface area (Å²) in [5, 5.41) is 7.44. The molecule has 1 aromatic carbocycles. The predicted molar refractivity (Wildman–Crippen MR) is 102 cm³/mol. The first-order chi connectivity index (χ1) is 12.1. The Balaban J connectivity index is 1.56. The Bertz CT molecular complexity index is 854. The van der Waals surface area contributed by atoms with Gasteiger partial charge in [-0.05, 0) is 36.1 Å². The van der Waals surface area contributed by atoms with Crippen LogP contribution in [-0.2, 0) is 6.42 Å². The molecule has 2 aromatic heterocycles. The highest BCUT2D eigenvalue weighted by Crippen LogP contribution is 2.17. The number of hydrogen-bond acceptors (Lipinski definition) is 3. The highest BCUT2D eigenvalue weighted by atomic mass is 16.1. The van der Waals surface area contributed by atoms with Gasteiger partial charge < -0.3 is 15.6 Å². The molecule has 0 radical (unpaired) electrons. The molecule has 25 heavy (non-hydrogen) atoms. The number of carbonyl (C=O) groups is 1. The summed E-state index contributed by atoms with van der Waals surface area (Å²) in [5.41, 5.74) is 2.96. The quantitative estimate of drug-likeness (QED) is 0.617. The third-order valence-corrected chi connectivity index (χ3v) is 4.07. The summed E-state index contributed by atoms with van der Waals surface area (Å²) in [5.74, 6) is 1.18. The maximum atomic E-state index is 12.4. The topological polar surface area (TPSA) is 69.8 Å². The van der Waals surface area contributed by atoms with Gasteiger partial charge in [0.05, 0.1) is 0 Å². The number of para-hydroxylation sites is 1. The summed E-state index contributed by atoms with van der Waals surface area (Å²) in [6.45, 7) is 5.69. The van der Waals surface area contributed by atoms with Crippen molar-refractivity contribution < 1.29 is 4.79 Å². The van der Waals surface area contributed by atoms with Crippen molar-refractivity contribution in [3.8, 4) is 0 Å². The van der Waals surface area contributed by atoms with E-state index in [0.29, 0.717) is 18.0 Å². The van der Waals surface area contributed by atoms with Crippen LogP contribution >= 0.6 is 0 Å². The van der Waals surface area contributed by atoms with Crippen LogP contribution in [0.1, 0.15) is 29.8 Å². The van der Waals surface area contributed by atoms with Gasteiger partial charge in [0.2, 0.25) is 0 Å². The molecule has 0 unspecified atom stereocenters. The number of aromatic amines is 1. The van der Waals surface area contributed by atoms with Gasteiger partial charge in [0, 0.05) is 41.9 Å². The van der Waals surface area contributed by atoms with Gasteiger partial charge >= 0.3 is 0 Å². The molecule has 5 heteroatoms. The number of anilines is 1. The second kappa shape index (κ2) is 7.83. The Morgan fingerprint density at radius 2 is 2.08 bits per heavy atom. The fourth-order valence-electron chi connectivity index (χ4n) is 2.73. The van der Waals surface area contributed by atoms with E-state index in [4.69, 9.17) is 0 Å². The van der Waals surface area contributed by atoms with Gasteiger partial charge in [-0.3, -0.25) is 4.79 Å². The summed E-state index contributed by atoms with van der Waals surface area (Å²) >= 11 is 0. The fourth-order valence-corrected chi connectivity index (χ4v) is 2.73. The van der Waals surface area contributed by atoms with Crippen LogP contribution in [0, 0.1) is 5.92 Å². The monoisotopic (exact) mass is 336 g/mol. The molecule has 2 heterocycles. The fraction of sp³-hybridized carbons (Fsp3) is 0.300. The molecule has 3 rings (SSSR count). The van der Waals surface area contributed by atoms with Crippen molar-refractivity contribution in [3.05, 3.63) is 59.9 Å². The SMILES string of the molecule is CC(C)CNc1cc(C(=O)NCCc2c[nH]c3ccccc23)ccn1. The number of carbonyl (C=O) groups excluding carboxylic acids is 1. The Morgan fingerprint density at radius 3 is 2.92 bits per heavy atom. The molecule has 3 aromatic rings. The van der Waals surface area contributed by atoms with Crippen molar-refractivity contribution >= 4 is 22.6 Å². The van der Waals surface area contributed by atoms with Crippen LogP contribution < -0.4 is 10.6 Å². The first-order valence-electron chi connectivity index (χ1n) is 8.66. The molecule has 0 atom stereocenters. The predicted octanol–water partition coefficient (Wildman–Crippen LogP) is 3.60. The van der Waals surface area contributed by atoms with Gasteiger partial charge in [-0.25, -0.2) is 4.98 Å². The van der Waals surface area contributed by atoms with E-state index in [1.165, 1.54) is 10.9 Å². The van der Waals surface area contributed by atoms with Crippen molar-refractivity contribution in [3.63, 3.8) is 0 Å². The second-order valence-electron chi connectivity index (χ2n) is 6.57. The van der Waals surface area contributed by atoms with Crippen LogP contribution in [0.15, 0.2) is 48.8 Å². The molecular formula is C20H24N4O.